The highest BCUT2D eigenvalue weighted by Crippen LogP contribution is 2.41. The fraction of sp³-hybridized carbons (Fsp3) is 1.00. The van der Waals surface area contributed by atoms with Crippen molar-refractivity contribution in [1.29, 1.82) is 0 Å². The molecular weight excluding hydrogens is 328 g/mol. The molecule has 1 nitrogen and oxygen atoms in total. The molecule has 2 unspecified atom stereocenters. The van der Waals surface area contributed by atoms with Crippen LogP contribution in [-0.2, 0) is 5.11 Å². The van der Waals surface area contributed by atoms with Crippen molar-refractivity contribution in [2.45, 2.75) is 138 Å². The van der Waals surface area contributed by atoms with E-state index in [-0.39, 0.29) is 12.0 Å². The Morgan fingerprint density at radius 3 is 1.30 bits per heavy atom. The van der Waals surface area contributed by atoms with E-state index in [1.54, 1.807) is 0 Å². The van der Waals surface area contributed by atoms with Gasteiger partial charge in [-0.05, 0) is 41.9 Å². The Kier molecular flexibility index (Phi) is 14.9. The first kappa shape index (κ1) is 27.0. The standard InChI is InChI=1S/C26H53O/c1-8-9-10-11-12-13-14-15-16-17-18-19-23(25(2,3)4)22-24(20-21-27)26(5,6)7/h23-24H,8-22H2,1-7H3. The molecule has 0 heterocycles. The quantitative estimate of drug-likeness (QED) is 0.237. The van der Waals surface area contributed by atoms with Gasteiger partial charge in [0.05, 0.1) is 6.61 Å². The first-order valence-electron chi connectivity index (χ1n) is 12.2. The summed E-state index contributed by atoms with van der Waals surface area (Å²) in [6.07, 6.45) is 19.0. The van der Waals surface area contributed by atoms with E-state index >= 15 is 0 Å². The summed E-state index contributed by atoms with van der Waals surface area (Å²) >= 11 is 0. The van der Waals surface area contributed by atoms with E-state index in [9.17, 15) is 5.11 Å². The van der Waals surface area contributed by atoms with Crippen LogP contribution in [0.3, 0.4) is 0 Å². The first-order chi connectivity index (χ1) is 12.6. The predicted molar refractivity (Wildman–Crippen MR) is 122 cm³/mol. The van der Waals surface area contributed by atoms with Crippen LogP contribution in [0.1, 0.15) is 138 Å². The second kappa shape index (κ2) is 14.9. The normalized spacial score (nSPS) is 15.1. The Hall–Kier alpha value is -0.0400. The van der Waals surface area contributed by atoms with E-state index in [1.807, 2.05) is 0 Å². The van der Waals surface area contributed by atoms with Crippen LogP contribution >= 0.6 is 0 Å². The monoisotopic (exact) mass is 381 g/mol. The Labute approximate surface area is 173 Å². The maximum absolute atomic E-state index is 11.3. The first-order valence-corrected chi connectivity index (χ1v) is 12.2. The molecule has 1 heteroatoms. The highest BCUT2D eigenvalue weighted by Gasteiger charge is 2.32. The molecule has 0 bridgehead atoms. The Bertz CT molecular complexity index is 320. The topological polar surface area (TPSA) is 19.9 Å². The van der Waals surface area contributed by atoms with Gasteiger partial charge < -0.3 is 0 Å². The molecule has 0 saturated carbocycles. The van der Waals surface area contributed by atoms with Gasteiger partial charge in [0.1, 0.15) is 0 Å². The minimum atomic E-state index is 0.0806. The van der Waals surface area contributed by atoms with Gasteiger partial charge in [-0.3, -0.25) is 0 Å². The van der Waals surface area contributed by atoms with Crippen LogP contribution in [0.2, 0.25) is 0 Å². The number of unbranched alkanes of at least 4 members (excludes halogenated alkanes) is 10. The van der Waals surface area contributed by atoms with Gasteiger partial charge >= 0.3 is 0 Å². The molecule has 0 amide bonds. The zero-order valence-electron chi connectivity index (χ0n) is 20.2. The van der Waals surface area contributed by atoms with E-state index in [0.717, 1.165) is 12.3 Å². The minimum Gasteiger partial charge on any atom is -0.237 e. The third-order valence-corrected chi connectivity index (χ3v) is 6.64. The van der Waals surface area contributed by atoms with Crippen molar-refractivity contribution < 1.29 is 5.11 Å². The Balaban J connectivity index is 4.06. The summed E-state index contributed by atoms with van der Waals surface area (Å²) in [5.41, 5.74) is 0.607. The maximum atomic E-state index is 11.3. The molecule has 0 aliphatic rings. The number of rotatable bonds is 16. The van der Waals surface area contributed by atoms with E-state index in [1.165, 1.54) is 83.5 Å². The van der Waals surface area contributed by atoms with Crippen LogP contribution in [0.5, 0.6) is 0 Å². The molecular formula is C26H53O. The molecule has 2 atom stereocenters. The van der Waals surface area contributed by atoms with Crippen LogP contribution in [-0.4, -0.2) is 6.61 Å². The van der Waals surface area contributed by atoms with Gasteiger partial charge in [0.15, 0.2) is 0 Å². The van der Waals surface area contributed by atoms with E-state index in [2.05, 4.69) is 48.5 Å². The smallest absolute Gasteiger partial charge is 0.0825 e. The summed E-state index contributed by atoms with van der Waals surface area (Å²) in [6.45, 7) is 16.5. The average Bonchev–Trinajstić information content (AvgIpc) is 2.55. The zero-order valence-corrected chi connectivity index (χ0v) is 20.2. The van der Waals surface area contributed by atoms with Gasteiger partial charge in [-0.15, -0.1) is 0 Å². The summed E-state index contributed by atoms with van der Waals surface area (Å²) in [5.74, 6) is 1.30. The molecule has 163 valence electrons. The lowest BCUT2D eigenvalue weighted by Crippen LogP contribution is -2.29. The van der Waals surface area contributed by atoms with Crippen LogP contribution in [0, 0.1) is 22.7 Å². The molecule has 0 aromatic rings. The molecule has 0 aromatic carbocycles. The molecule has 0 spiro atoms. The van der Waals surface area contributed by atoms with Gasteiger partial charge in [-0.2, -0.15) is 0 Å². The minimum absolute atomic E-state index is 0.0806. The largest absolute Gasteiger partial charge is 0.237 e. The lowest BCUT2D eigenvalue weighted by Gasteiger charge is -2.38. The molecule has 0 N–H and O–H groups in total. The summed E-state index contributed by atoms with van der Waals surface area (Å²) in [4.78, 5) is 0. The molecule has 1 radical (unpaired) electrons. The summed E-state index contributed by atoms with van der Waals surface area (Å²) in [5, 5.41) is 11.3. The Morgan fingerprint density at radius 1 is 0.556 bits per heavy atom. The van der Waals surface area contributed by atoms with E-state index in [0.29, 0.717) is 11.3 Å². The van der Waals surface area contributed by atoms with Gasteiger partial charge in [0.25, 0.3) is 0 Å². The van der Waals surface area contributed by atoms with Gasteiger partial charge in [0.2, 0.25) is 0 Å². The molecule has 0 aliphatic heterocycles. The van der Waals surface area contributed by atoms with Gasteiger partial charge in [0, 0.05) is 0 Å². The van der Waals surface area contributed by atoms with Crippen LogP contribution in [0.25, 0.3) is 0 Å². The lowest BCUT2D eigenvalue weighted by molar-refractivity contribution is 0.0843. The third kappa shape index (κ3) is 14.6. The molecule has 0 saturated heterocycles. The molecule has 0 aliphatic carbocycles. The van der Waals surface area contributed by atoms with E-state index in [4.69, 9.17) is 0 Å². The highest BCUT2D eigenvalue weighted by atomic mass is 16.3. The number of hydrogen-bond acceptors (Lipinski definition) is 0. The third-order valence-electron chi connectivity index (χ3n) is 6.64. The second-order valence-electron chi connectivity index (χ2n) is 11.2. The number of hydrogen-bond donors (Lipinski definition) is 0. The van der Waals surface area contributed by atoms with Crippen molar-refractivity contribution in [1.82, 2.24) is 0 Å². The summed E-state index contributed by atoms with van der Waals surface area (Å²) in [6, 6.07) is 0. The zero-order chi connectivity index (χ0) is 20.8. The van der Waals surface area contributed by atoms with E-state index < -0.39 is 0 Å². The SMILES string of the molecule is CCCCCCCCCCCCCC(CC(CC[O])C(C)(C)C)C(C)(C)C. The van der Waals surface area contributed by atoms with Crippen molar-refractivity contribution in [2.75, 3.05) is 6.61 Å². The fourth-order valence-corrected chi connectivity index (χ4v) is 4.35. The van der Waals surface area contributed by atoms with Crippen molar-refractivity contribution in [3.8, 4) is 0 Å². The van der Waals surface area contributed by atoms with Crippen molar-refractivity contribution >= 4 is 0 Å². The molecule has 0 rings (SSSR count). The summed E-state index contributed by atoms with van der Waals surface area (Å²) < 4.78 is 0. The lowest BCUT2D eigenvalue weighted by atomic mass is 9.67. The van der Waals surface area contributed by atoms with Gasteiger partial charge in [-0.1, -0.05) is 119 Å². The van der Waals surface area contributed by atoms with Crippen LogP contribution in [0.15, 0.2) is 0 Å². The van der Waals surface area contributed by atoms with Crippen molar-refractivity contribution in [3.63, 3.8) is 0 Å². The van der Waals surface area contributed by atoms with Crippen LogP contribution < -0.4 is 0 Å². The Morgan fingerprint density at radius 2 is 0.926 bits per heavy atom. The maximum Gasteiger partial charge on any atom is 0.0825 e. The van der Waals surface area contributed by atoms with Gasteiger partial charge in [-0.25, -0.2) is 5.11 Å². The molecule has 27 heavy (non-hydrogen) atoms. The van der Waals surface area contributed by atoms with Crippen LogP contribution in [0.4, 0.5) is 0 Å². The highest BCUT2D eigenvalue weighted by molar-refractivity contribution is 4.82. The average molecular weight is 382 g/mol. The second-order valence-corrected chi connectivity index (χ2v) is 11.2. The van der Waals surface area contributed by atoms with Crippen molar-refractivity contribution in [2.24, 2.45) is 22.7 Å². The molecule has 0 fully saturated rings. The summed E-state index contributed by atoms with van der Waals surface area (Å²) in [7, 11) is 0. The predicted octanol–water partition coefficient (Wildman–Crippen LogP) is 9.22. The molecule has 0 aromatic heterocycles. The fourth-order valence-electron chi connectivity index (χ4n) is 4.35. The van der Waals surface area contributed by atoms with Crippen molar-refractivity contribution in [3.05, 3.63) is 0 Å².